The van der Waals surface area contributed by atoms with E-state index in [2.05, 4.69) is 4.74 Å². The van der Waals surface area contributed by atoms with Crippen LogP contribution in [0.4, 0.5) is 32.0 Å². The lowest BCUT2D eigenvalue weighted by atomic mass is 10.3. The average Bonchev–Trinajstić information content (AvgIpc) is 2.42. The molecule has 1 rings (SSSR count). The van der Waals surface area contributed by atoms with Gasteiger partial charge in [0.25, 0.3) is 19.7 Å². The smallest absolute Gasteiger partial charge is 0.489 e. The maximum atomic E-state index is 12.6. The van der Waals surface area contributed by atoms with E-state index in [1.807, 2.05) is 0 Å². The molecular weight excluding hydrogens is 412 g/mol. The highest BCUT2D eigenvalue weighted by atomic mass is 32.2. The highest BCUT2D eigenvalue weighted by molar-refractivity contribution is 7.93. The van der Waals surface area contributed by atoms with Crippen molar-refractivity contribution in [2.45, 2.75) is 20.8 Å². The molecule has 0 spiro atoms. The molecule has 0 aliphatic rings. The normalized spacial score (nSPS) is 13.6. The monoisotopic (exact) mass is 417 g/mol. The first kappa shape index (κ1) is 20.9. The summed E-state index contributed by atoms with van der Waals surface area (Å²) in [5, 5.41) is 10.8. The Kier molecular flexibility index (Phi) is 5.03. The molecule has 142 valence electrons. The standard InChI is InChI=1S/C9H5F6NO7S2/c1-23-7-5(16(17)18)2-4(24(19,20)8(10,11)12)3-6(7)25(21,22)9(13,14)15/h2-3H,1H3. The lowest BCUT2D eigenvalue weighted by molar-refractivity contribution is -0.386. The molecule has 1 aromatic rings. The van der Waals surface area contributed by atoms with E-state index < -0.39 is 62.9 Å². The van der Waals surface area contributed by atoms with Crippen molar-refractivity contribution < 1.29 is 52.8 Å². The fraction of sp³-hybridized carbons (Fsp3) is 0.333. The fourth-order valence-electron chi connectivity index (χ4n) is 1.52. The summed E-state index contributed by atoms with van der Waals surface area (Å²) in [6.07, 6.45) is 0. The molecule has 0 saturated heterocycles. The van der Waals surface area contributed by atoms with Gasteiger partial charge in [0.15, 0.2) is 0 Å². The van der Waals surface area contributed by atoms with Crippen molar-refractivity contribution in [1.82, 2.24) is 0 Å². The van der Waals surface area contributed by atoms with Crippen LogP contribution in [0.2, 0.25) is 0 Å². The van der Waals surface area contributed by atoms with Crippen molar-refractivity contribution in [2.75, 3.05) is 7.11 Å². The number of nitrogens with zero attached hydrogens (tertiary/aromatic N) is 1. The van der Waals surface area contributed by atoms with E-state index in [1.165, 1.54) is 0 Å². The Labute approximate surface area is 135 Å². The van der Waals surface area contributed by atoms with Crippen LogP contribution in [0.25, 0.3) is 0 Å². The van der Waals surface area contributed by atoms with Crippen LogP contribution in [0.15, 0.2) is 21.9 Å². The third-order valence-electron chi connectivity index (χ3n) is 2.62. The number of nitro groups is 1. The number of ether oxygens (including phenoxy) is 1. The largest absolute Gasteiger partial charge is 0.502 e. The summed E-state index contributed by atoms with van der Waals surface area (Å²) >= 11 is 0. The molecule has 8 nitrogen and oxygen atoms in total. The van der Waals surface area contributed by atoms with Crippen molar-refractivity contribution in [3.8, 4) is 5.75 Å². The molecule has 0 heterocycles. The minimum atomic E-state index is -6.46. The number of hydrogen-bond donors (Lipinski definition) is 0. The summed E-state index contributed by atoms with van der Waals surface area (Å²) in [5.74, 6) is -1.57. The Balaban J connectivity index is 4.07. The lowest BCUT2D eigenvalue weighted by Gasteiger charge is -2.14. The minimum absolute atomic E-state index is 0.253. The number of nitro benzene ring substituents is 1. The maximum absolute atomic E-state index is 12.6. The molecule has 0 saturated carbocycles. The van der Waals surface area contributed by atoms with Gasteiger partial charge >= 0.3 is 16.7 Å². The van der Waals surface area contributed by atoms with Gasteiger partial charge in [-0.05, 0) is 6.07 Å². The summed E-state index contributed by atoms with van der Waals surface area (Å²) in [6.45, 7) is 0. The van der Waals surface area contributed by atoms with Gasteiger partial charge < -0.3 is 4.74 Å². The fourth-order valence-corrected chi connectivity index (χ4v) is 3.36. The van der Waals surface area contributed by atoms with Gasteiger partial charge in [0, 0.05) is 6.07 Å². The Morgan fingerprint density at radius 1 is 0.960 bits per heavy atom. The first-order valence-electron chi connectivity index (χ1n) is 5.47. The van der Waals surface area contributed by atoms with Gasteiger partial charge in [0.1, 0.15) is 4.90 Å². The number of alkyl halides is 6. The Morgan fingerprint density at radius 3 is 1.72 bits per heavy atom. The summed E-state index contributed by atoms with van der Waals surface area (Å²) < 4.78 is 125. The minimum Gasteiger partial charge on any atom is -0.489 e. The van der Waals surface area contributed by atoms with Crippen molar-refractivity contribution in [3.63, 3.8) is 0 Å². The van der Waals surface area contributed by atoms with Crippen molar-refractivity contribution >= 4 is 25.4 Å². The molecule has 0 radical (unpaired) electrons. The van der Waals surface area contributed by atoms with Crippen LogP contribution in [-0.2, 0) is 19.7 Å². The van der Waals surface area contributed by atoms with Gasteiger partial charge in [-0.15, -0.1) is 0 Å². The zero-order chi connectivity index (χ0) is 20.0. The Hall–Kier alpha value is -2.10. The second-order valence-electron chi connectivity index (χ2n) is 4.13. The number of benzene rings is 1. The number of rotatable bonds is 4. The van der Waals surface area contributed by atoms with Gasteiger partial charge in [0.2, 0.25) is 5.75 Å². The van der Waals surface area contributed by atoms with Crippen LogP contribution in [0.1, 0.15) is 0 Å². The highest BCUT2D eigenvalue weighted by Gasteiger charge is 2.52. The third-order valence-corrected chi connectivity index (χ3v) is 5.58. The summed E-state index contributed by atoms with van der Waals surface area (Å²) in [5.41, 5.74) is -13.8. The molecule has 0 amide bonds. The second-order valence-corrected chi connectivity index (χ2v) is 7.98. The number of sulfone groups is 2. The molecule has 0 N–H and O–H groups in total. The zero-order valence-corrected chi connectivity index (χ0v) is 13.2. The van der Waals surface area contributed by atoms with E-state index in [-0.39, 0.29) is 6.07 Å². The number of hydrogen-bond acceptors (Lipinski definition) is 7. The van der Waals surface area contributed by atoms with Crippen molar-refractivity contribution in [1.29, 1.82) is 0 Å². The third kappa shape index (κ3) is 3.48. The van der Waals surface area contributed by atoms with Crippen LogP contribution in [0.3, 0.4) is 0 Å². The molecular formula is C9H5F6NO7S2. The molecule has 0 unspecified atom stereocenters. The molecule has 1 aromatic carbocycles. The van der Waals surface area contributed by atoms with E-state index >= 15 is 0 Å². The van der Waals surface area contributed by atoms with Gasteiger partial charge in [-0.2, -0.15) is 26.3 Å². The van der Waals surface area contributed by atoms with Crippen LogP contribution < -0.4 is 4.74 Å². The summed E-state index contributed by atoms with van der Waals surface area (Å²) in [6, 6.07) is -0.755. The number of halogens is 6. The van der Waals surface area contributed by atoms with Gasteiger partial charge in [-0.25, -0.2) is 16.8 Å². The van der Waals surface area contributed by atoms with E-state index in [9.17, 15) is 53.3 Å². The predicted octanol–water partition coefficient (Wildman–Crippen LogP) is 2.19. The van der Waals surface area contributed by atoms with Crippen LogP contribution in [0.5, 0.6) is 5.75 Å². The Morgan fingerprint density at radius 2 is 1.40 bits per heavy atom. The molecule has 0 aromatic heterocycles. The topological polar surface area (TPSA) is 121 Å². The second kappa shape index (κ2) is 6.01. The van der Waals surface area contributed by atoms with E-state index in [4.69, 9.17) is 0 Å². The lowest BCUT2D eigenvalue weighted by Crippen LogP contribution is -2.26. The quantitative estimate of drug-likeness (QED) is 0.418. The van der Waals surface area contributed by atoms with E-state index in [0.29, 0.717) is 7.11 Å². The number of methoxy groups -OCH3 is 1. The van der Waals surface area contributed by atoms with Gasteiger partial charge in [0.05, 0.1) is 16.9 Å². The molecule has 16 heteroatoms. The highest BCUT2D eigenvalue weighted by Crippen LogP contribution is 2.43. The van der Waals surface area contributed by atoms with E-state index in [0.717, 1.165) is 0 Å². The van der Waals surface area contributed by atoms with Crippen molar-refractivity contribution in [3.05, 3.63) is 22.2 Å². The summed E-state index contributed by atoms with van der Waals surface area (Å²) in [4.78, 5) is 5.02. The molecule has 0 fully saturated rings. The first-order valence-corrected chi connectivity index (χ1v) is 8.44. The van der Waals surface area contributed by atoms with Crippen LogP contribution in [-0.4, -0.2) is 39.9 Å². The van der Waals surface area contributed by atoms with Gasteiger partial charge in [-0.1, -0.05) is 0 Å². The molecule has 25 heavy (non-hydrogen) atoms. The first-order chi connectivity index (χ1) is 11.0. The van der Waals surface area contributed by atoms with Crippen LogP contribution >= 0.6 is 0 Å². The predicted molar refractivity (Wildman–Crippen MR) is 66.1 cm³/mol. The molecule has 0 bridgehead atoms. The zero-order valence-electron chi connectivity index (χ0n) is 11.5. The SMILES string of the molecule is COc1c([N+](=O)[O-])cc(S(=O)(=O)C(F)(F)F)cc1S(=O)(=O)C(F)(F)F. The average molecular weight is 417 g/mol. The Bertz CT molecular complexity index is 917. The molecule has 0 aliphatic heterocycles. The molecule has 0 atom stereocenters. The van der Waals surface area contributed by atoms with Crippen molar-refractivity contribution in [2.24, 2.45) is 0 Å². The molecule has 0 aliphatic carbocycles. The maximum Gasteiger partial charge on any atom is 0.502 e. The summed E-state index contributed by atoms with van der Waals surface area (Å²) in [7, 11) is -12.3. The van der Waals surface area contributed by atoms with Crippen LogP contribution in [0, 0.1) is 10.1 Å². The van der Waals surface area contributed by atoms with Gasteiger partial charge in [-0.3, -0.25) is 10.1 Å². The van der Waals surface area contributed by atoms with E-state index in [1.54, 1.807) is 0 Å².